The maximum absolute atomic E-state index is 13.3. The van der Waals surface area contributed by atoms with Crippen LogP contribution in [0.2, 0.25) is 0 Å². The van der Waals surface area contributed by atoms with Crippen molar-refractivity contribution in [1.29, 1.82) is 0 Å². The minimum absolute atomic E-state index is 0.0258. The largest absolute Gasteiger partial charge is 0.512 e. The number of ether oxygens (including phenoxy) is 1. The molecule has 5 aromatic rings. The van der Waals surface area contributed by atoms with Gasteiger partial charge < -0.3 is 9.84 Å². The van der Waals surface area contributed by atoms with Crippen molar-refractivity contribution in [2.75, 3.05) is 16.8 Å². The molecule has 39 heavy (non-hydrogen) atoms. The van der Waals surface area contributed by atoms with Gasteiger partial charge in [-0.25, -0.2) is 19.6 Å². The van der Waals surface area contributed by atoms with Gasteiger partial charge in [-0.15, -0.1) is 11.3 Å². The van der Waals surface area contributed by atoms with Gasteiger partial charge in [0.25, 0.3) is 0 Å². The molecule has 0 fully saturated rings. The van der Waals surface area contributed by atoms with Crippen LogP contribution in [0.4, 0.5) is 20.4 Å². The fraction of sp³-hybridized carbons (Fsp3) is 0.103. The number of aromatic nitrogens is 2. The summed E-state index contributed by atoms with van der Waals surface area (Å²) >= 11 is 2.76. The van der Waals surface area contributed by atoms with E-state index in [9.17, 15) is 14.7 Å². The van der Waals surface area contributed by atoms with Crippen LogP contribution >= 0.6 is 22.7 Å². The summed E-state index contributed by atoms with van der Waals surface area (Å²) in [6, 6.07) is 23.1. The molecule has 1 aliphatic heterocycles. The van der Waals surface area contributed by atoms with Crippen molar-refractivity contribution in [3.05, 3.63) is 88.8 Å². The van der Waals surface area contributed by atoms with E-state index in [1.807, 2.05) is 78.9 Å². The third-order valence-electron chi connectivity index (χ3n) is 6.24. The van der Waals surface area contributed by atoms with E-state index in [1.54, 1.807) is 11.0 Å². The lowest BCUT2D eigenvalue weighted by molar-refractivity contribution is 0.143. The summed E-state index contributed by atoms with van der Waals surface area (Å²) in [6.45, 7) is 0.573. The highest BCUT2D eigenvalue weighted by atomic mass is 32.1. The first-order valence-electron chi connectivity index (χ1n) is 12.3. The summed E-state index contributed by atoms with van der Waals surface area (Å²) in [6.07, 6.45) is 3.96. The number of carbonyl (C=O) groups excluding carboxylic acids is 1. The smallest absolute Gasteiger partial charge is 0.449 e. The van der Waals surface area contributed by atoms with E-state index >= 15 is 0 Å². The number of hydrogen-bond donors (Lipinski definition) is 2. The number of rotatable bonds is 5. The van der Waals surface area contributed by atoms with Gasteiger partial charge in [0.2, 0.25) is 5.88 Å². The number of anilines is 2. The van der Waals surface area contributed by atoms with Gasteiger partial charge in [0, 0.05) is 17.8 Å². The molecule has 2 amide bonds. The minimum Gasteiger partial charge on any atom is -0.449 e. The van der Waals surface area contributed by atoms with Gasteiger partial charge in [0.05, 0.1) is 15.1 Å². The molecule has 6 rings (SSSR count). The molecule has 10 heteroatoms. The number of carbonyl (C=O) groups is 2. The van der Waals surface area contributed by atoms with E-state index in [0.29, 0.717) is 21.6 Å². The normalized spacial score (nSPS) is 13.0. The van der Waals surface area contributed by atoms with E-state index in [4.69, 9.17) is 4.74 Å². The zero-order valence-electron chi connectivity index (χ0n) is 20.5. The molecule has 0 saturated carbocycles. The van der Waals surface area contributed by atoms with Crippen molar-refractivity contribution in [3.63, 3.8) is 0 Å². The second-order valence-electron chi connectivity index (χ2n) is 8.82. The van der Waals surface area contributed by atoms with Crippen LogP contribution in [0, 0.1) is 0 Å². The number of amides is 2. The Labute approximate surface area is 231 Å². The molecule has 0 radical (unpaired) electrons. The molecular weight excluding hydrogens is 532 g/mol. The first kappa shape index (κ1) is 24.8. The van der Waals surface area contributed by atoms with E-state index in [-0.39, 0.29) is 11.9 Å². The number of thiazole rings is 2. The number of hydrogen-bond acceptors (Lipinski definition) is 7. The van der Waals surface area contributed by atoms with E-state index < -0.39 is 6.16 Å². The van der Waals surface area contributed by atoms with Crippen molar-refractivity contribution >= 4 is 68.0 Å². The van der Waals surface area contributed by atoms with Crippen molar-refractivity contribution in [2.45, 2.75) is 12.8 Å². The average molecular weight is 555 g/mol. The summed E-state index contributed by atoms with van der Waals surface area (Å²) in [4.78, 5) is 36.0. The van der Waals surface area contributed by atoms with Crippen LogP contribution in [0.1, 0.15) is 22.4 Å². The Hall–Kier alpha value is -4.54. The van der Waals surface area contributed by atoms with Gasteiger partial charge in [-0.05, 0) is 48.2 Å². The van der Waals surface area contributed by atoms with E-state index in [1.165, 1.54) is 22.7 Å². The van der Waals surface area contributed by atoms with Gasteiger partial charge in [0.15, 0.2) is 5.13 Å². The first-order chi connectivity index (χ1) is 19.0. The molecule has 3 heterocycles. The molecule has 3 aromatic carbocycles. The minimum atomic E-state index is -1.43. The molecular formula is C29H22N4O4S2. The van der Waals surface area contributed by atoms with Crippen LogP contribution in [0.15, 0.2) is 72.8 Å². The quantitative estimate of drug-likeness (QED) is 0.216. The molecule has 1 aliphatic rings. The number of nitrogens with one attached hydrogen (secondary N) is 1. The summed E-state index contributed by atoms with van der Waals surface area (Å²) in [5.74, 6) is 0.0258. The number of benzene rings is 3. The molecule has 8 nitrogen and oxygen atoms in total. The fourth-order valence-corrected chi connectivity index (χ4v) is 6.19. The Balaban J connectivity index is 1.30. The third kappa shape index (κ3) is 5.38. The summed E-state index contributed by atoms with van der Waals surface area (Å²) < 4.78 is 5.99. The van der Waals surface area contributed by atoms with Crippen LogP contribution < -0.4 is 15.0 Å². The van der Waals surface area contributed by atoms with Crippen molar-refractivity contribution < 1.29 is 19.4 Å². The van der Waals surface area contributed by atoms with Gasteiger partial charge in [-0.1, -0.05) is 72.0 Å². The molecule has 194 valence electrons. The van der Waals surface area contributed by atoms with Crippen molar-refractivity contribution in [2.24, 2.45) is 0 Å². The van der Waals surface area contributed by atoms with Crippen LogP contribution in [0.25, 0.3) is 32.9 Å². The van der Waals surface area contributed by atoms with Gasteiger partial charge >= 0.3 is 12.2 Å². The standard InChI is InChI=1S/C29H22N4O4S2/c34-28(32-27-30-21-10-4-5-11-23(21)39-27)33-16-6-9-19-13-14-20(17-22(19)33)26-31-25(37-29(35)36)24(38-26)15-12-18-7-2-1-3-8-18/h1-5,7-8,10-15,17H,6,9,16H2,(H,35,36)(H,30,32,34)/b15-12+. The molecule has 0 bridgehead atoms. The molecule has 0 unspecified atom stereocenters. The Kier molecular flexibility index (Phi) is 6.78. The number of carboxylic acid groups (broad SMARTS) is 1. The topological polar surface area (TPSA) is 105 Å². The maximum atomic E-state index is 13.3. The van der Waals surface area contributed by atoms with Crippen LogP contribution in [0.5, 0.6) is 5.88 Å². The fourth-order valence-electron chi connectivity index (χ4n) is 4.44. The van der Waals surface area contributed by atoms with Crippen molar-refractivity contribution in [3.8, 4) is 16.5 Å². The van der Waals surface area contributed by atoms with E-state index in [0.717, 1.165) is 45.4 Å². The Morgan fingerprint density at radius 3 is 2.62 bits per heavy atom. The van der Waals surface area contributed by atoms with Crippen LogP contribution in [-0.2, 0) is 6.42 Å². The lowest BCUT2D eigenvalue weighted by Gasteiger charge is -2.29. The van der Waals surface area contributed by atoms with E-state index in [2.05, 4.69) is 15.3 Å². The first-order valence-corrected chi connectivity index (χ1v) is 13.9. The Bertz CT molecular complexity index is 1680. The Morgan fingerprint density at radius 2 is 1.79 bits per heavy atom. The number of nitrogens with zero attached hydrogens (tertiary/aromatic N) is 3. The predicted octanol–water partition coefficient (Wildman–Crippen LogP) is 7.63. The molecule has 0 atom stereocenters. The predicted molar refractivity (Wildman–Crippen MR) is 156 cm³/mol. The maximum Gasteiger partial charge on any atom is 0.512 e. The number of aryl methyl sites for hydroxylation is 1. The van der Waals surface area contributed by atoms with Crippen molar-refractivity contribution in [1.82, 2.24) is 9.97 Å². The second kappa shape index (κ2) is 10.7. The zero-order chi connectivity index (χ0) is 26.8. The summed E-state index contributed by atoms with van der Waals surface area (Å²) in [5, 5.41) is 13.3. The van der Waals surface area contributed by atoms with Gasteiger partial charge in [0.1, 0.15) is 5.01 Å². The summed E-state index contributed by atoms with van der Waals surface area (Å²) in [5.41, 5.74) is 4.45. The zero-order valence-corrected chi connectivity index (χ0v) is 22.2. The molecule has 2 aromatic heterocycles. The highest BCUT2D eigenvalue weighted by Crippen LogP contribution is 2.38. The SMILES string of the molecule is O=C(O)Oc1nc(-c2ccc3c(c2)N(C(=O)Nc2nc4ccccc4s2)CCC3)sc1/C=C/c1ccccc1. The number of fused-ring (bicyclic) bond motifs is 2. The highest BCUT2D eigenvalue weighted by molar-refractivity contribution is 7.22. The number of para-hydroxylation sites is 1. The molecule has 2 N–H and O–H groups in total. The van der Waals surface area contributed by atoms with Gasteiger partial charge in [-0.2, -0.15) is 0 Å². The lowest BCUT2D eigenvalue weighted by Crippen LogP contribution is -2.38. The lowest BCUT2D eigenvalue weighted by atomic mass is 10.00. The third-order valence-corrected chi connectivity index (χ3v) is 8.24. The number of urea groups is 1. The Morgan fingerprint density at radius 1 is 0.974 bits per heavy atom. The second-order valence-corrected chi connectivity index (χ2v) is 10.9. The monoisotopic (exact) mass is 554 g/mol. The highest BCUT2D eigenvalue weighted by Gasteiger charge is 2.25. The van der Waals surface area contributed by atoms with Crippen LogP contribution in [-0.4, -0.2) is 33.8 Å². The molecule has 0 aliphatic carbocycles. The summed E-state index contributed by atoms with van der Waals surface area (Å²) in [7, 11) is 0. The molecule has 0 spiro atoms. The van der Waals surface area contributed by atoms with Gasteiger partial charge in [-0.3, -0.25) is 10.2 Å². The molecule has 0 saturated heterocycles. The average Bonchev–Trinajstić information content (AvgIpc) is 3.54. The van der Waals surface area contributed by atoms with Crippen LogP contribution in [0.3, 0.4) is 0 Å².